The SMILES string of the molecule is c1ccc2c(c1)-c1ccccc1C21c2ccc(-c3ccnc(-c4cc(-c5ccc6c(c5)-c5cc(-c7cccc8c7oc7ccccc78)ccc5C65c6ccccc6-c6ccccc65)ccn4)c3)cc2-c2cc(-c3cccc4c3oc3ccccc34)ccc21. The standard InChI is InChI=1S/C84H48N2O2/c1-7-25-69-57(15-1)58-16-2-8-26-70(58)83(69)73-35-31-49(43-65(73)67-45-53(33-37-75(67)83)55-21-13-23-63-61-19-5-11-29-79(61)87-81(55)63)51-39-41-85-77(47-51)78-48-52(40-42-86-78)50-32-36-74-66(44-50)68-46-54(56-22-14-24-64-62-20-6-12-30-80(62)88-82(56)64)34-38-76(68)84(74)71-27-9-3-17-59(71)60-18-4-10-28-72(60)84/h1-48H. The number of pyridine rings is 2. The molecule has 0 aliphatic heterocycles. The second-order valence-electron chi connectivity index (χ2n) is 24.1. The fourth-order valence-corrected chi connectivity index (χ4v) is 16.4. The monoisotopic (exact) mass is 1120 g/mol. The molecule has 2 spiro atoms. The number of benzene rings is 12. The lowest BCUT2D eigenvalue weighted by Gasteiger charge is -2.30. The van der Waals surface area contributed by atoms with E-state index in [0.717, 1.165) is 99.8 Å². The lowest BCUT2D eigenvalue weighted by atomic mass is 9.70. The van der Waals surface area contributed by atoms with Gasteiger partial charge in [0.1, 0.15) is 22.3 Å². The molecule has 0 saturated heterocycles. The van der Waals surface area contributed by atoms with Crippen molar-refractivity contribution in [2.24, 2.45) is 0 Å². The number of furan rings is 2. The number of hydrogen-bond donors (Lipinski definition) is 0. The summed E-state index contributed by atoms with van der Waals surface area (Å²) in [5.74, 6) is 0. The van der Waals surface area contributed by atoms with Gasteiger partial charge in [-0.25, -0.2) is 0 Å². The van der Waals surface area contributed by atoms with Gasteiger partial charge in [-0.2, -0.15) is 0 Å². The van der Waals surface area contributed by atoms with E-state index >= 15 is 0 Å². The van der Waals surface area contributed by atoms with Crippen LogP contribution in [0.5, 0.6) is 0 Å². The van der Waals surface area contributed by atoms with Crippen LogP contribution in [-0.2, 0) is 10.8 Å². The van der Waals surface area contributed by atoms with Crippen LogP contribution >= 0.6 is 0 Å². The highest BCUT2D eigenvalue weighted by Gasteiger charge is 2.53. The number of rotatable bonds is 5. The smallest absolute Gasteiger partial charge is 0.143 e. The van der Waals surface area contributed by atoms with Gasteiger partial charge in [-0.1, -0.05) is 218 Å². The molecule has 12 aromatic carbocycles. The highest BCUT2D eigenvalue weighted by molar-refractivity contribution is 6.12. The molecule has 0 radical (unpaired) electrons. The summed E-state index contributed by atoms with van der Waals surface area (Å²) in [5.41, 5.74) is 33.5. The first-order valence-corrected chi connectivity index (χ1v) is 30.3. The van der Waals surface area contributed by atoms with Crippen LogP contribution in [0, 0.1) is 0 Å². The Bertz CT molecular complexity index is 5290. The third kappa shape index (κ3) is 6.22. The maximum atomic E-state index is 6.66. The molecular formula is C84H48N2O2. The zero-order valence-corrected chi connectivity index (χ0v) is 47.4. The number of para-hydroxylation sites is 4. The van der Waals surface area contributed by atoms with Crippen LogP contribution in [0.15, 0.2) is 300 Å². The van der Waals surface area contributed by atoms with Crippen LogP contribution in [0.3, 0.4) is 0 Å². The Morgan fingerprint density at radius 3 is 0.909 bits per heavy atom. The van der Waals surface area contributed by atoms with Crippen molar-refractivity contribution in [1.82, 2.24) is 9.97 Å². The van der Waals surface area contributed by atoms with Gasteiger partial charge >= 0.3 is 0 Å². The minimum atomic E-state index is -0.493. The lowest BCUT2D eigenvalue weighted by Crippen LogP contribution is -2.25. The van der Waals surface area contributed by atoms with E-state index < -0.39 is 10.8 Å². The molecule has 20 rings (SSSR count). The molecule has 0 saturated carbocycles. The van der Waals surface area contributed by atoms with Crippen molar-refractivity contribution >= 4 is 43.9 Å². The summed E-state index contributed by atoms with van der Waals surface area (Å²) in [7, 11) is 0. The topological polar surface area (TPSA) is 52.1 Å². The summed E-state index contributed by atoms with van der Waals surface area (Å²) < 4.78 is 13.3. The van der Waals surface area contributed by atoms with Crippen LogP contribution in [-0.4, -0.2) is 9.97 Å². The van der Waals surface area contributed by atoms with Crippen molar-refractivity contribution in [3.05, 3.63) is 336 Å². The Morgan fingerprint density at radius 1 is 0.216 bits per heavy atom. The van der Waals surface area contributed by atoms with E-state index in [1.807, 2.05) is 24.5 Å². The molecule has 406 valence electrons. The molecule has 4 heterocycles. The average molecular weight is 1120 g/mol. The predicted molar refractivity (Wildman–Crippen MR) is 356 cm³/mol. The molecule has 4 aromatic heterocycles. The summed E-state index contributed by atoms with van der Waals surface area (Å²) in [6.45, 7) is 0. The highest BCUT2D eigenvalue weighted by Crippen LogP contribution is 2.65. The largest absolute Gasteiger partial charge is 0.455 e. The maximum absolute atomic E-state index is 6.66. The second kappa shape index (κ2) is 17.6. The first-order chi connectivity index (χ1) is 43.6. The van der Waals surface area contributed by atoms with E-state index in [4.69, 9.17) is 18.8 Å². The molecule has 0 atom stereocenters. The van der Waals surface area contributed by atoms with Crippen LogP contribution in [0.4, 0.5) is 0 Å². The zero-order chi connectivity index (χ0) is 57.4. The fourth-order valence-electron chi connectivity index (χ4n) is 16.4. The van der Waals surface area contributed by atoms with Crippen molar-refractivity contribution in [2.75, 3.05) is 0 Å². The molecular weight excluding hydrogens is 1070 g/mol. The maximum Gasteiger partial charge on any atom is 0.143 e. The molecule has 0 fully saturated rings. The predicted octanol–water partition coefficient (Wildman–Crippen LogP) is 21.3. The Morgan fingerprint density at radius 2 is 0.511 bits per heavy atom. The summed E-state index contributed by atoms with van der Waals surface area (Å²) >= 11 is 0. The van der Waals surface area contributed by atoms with Gasteiger partial charge in [0.05, 0.1) is 22.2 Å². The Labute approximate surface area is 507 Å². The molecule has 0 bridgehead atoms. The van der Waals surface area contributed by atoms with Crippen molar-refractivity contribution in [2.45, 2.75) is 10.8 Å². The Kier molecular flexibility index (Phi) is 9.56. The first kappa shape index (κ1) is 47.8. The third-order valence-corrected chi connectivity index (χ3v) is 20.1. The molecule has 16 aromatic rings. The van der Waals surface area contributed by atoms with Gasteiger partial charge in [0, 0.05) is 45.1 Å². The quantitative estimate of drug-likeness (QED) is 0.172. The van der Waals surface area contributed by atoms with Gasteiger partial charge in [0.25, 0.3) is 0 Å². The Balaban J connectivity index is 0.718. The van der Waals surface area contributed by atoms with Crippen LogP contribution in [0.25, 0.3) is 144 Å². The Hall–Kier alpha value is -11.5. The highest BCUT2D eigenvalue weighted by atomic mass is 16.3. The average Bonchev–Trinajstić information content (AvgIpc) is 1.54. The van der Waals surface area contributed by atoms with Gasteiger partial charge in [0.2, 0.25) is 0 Å². The minimum absolute atomic E-state index is 0.493. The van der Waals surface area contributed by atoms with Gasteiger partial charge in [-0.15, -0.1) is 0 Å². The van der Waals surface area contributed by atoms with E-state index in [2.05, 4.69) is 267 Å². The van der Waals surface area contributed by atoms with Crippen LogP contribution < -0.4 is 0 Å². The number of fused-ring (bicyclic) bond motifs is 26. The minimum Gasteiger partial charge on any atom is -0.455 e. The van der Waals surface area contributed by atoms with Gasteiger partial charge in [-0.05, 0) is 183 Å². The number of hydrogen-bond acceptors (Lipinski definition) is 4. The summed E-state index contributed by atoms with van der Waals surface area (Å²) in [5, 5.41) is 4.50. The van der Waals surface area contributed by atoms with E-state index in [9.17, 15) is 0 Å². The summed E-state index contributed by atoms with van der Waals surface area (Å²) in [4.78, 5) is 10.1. The van der Waals surface area contributed by atoms with Gasteiger partial charge in [-0.3, -0.25) is 9.97 Å². The molecule has 4 nitrogen and oxygen atoms in total. The van der Waals surface area contributed by atoms with E-state index in [1.54, 1.807) is 0 Å². The molecule has 0 amide bonds. The van der Waals surface area contributed by atoms with Crippen molar-refractivity contribution in [3.63, 3.8) is 0 Å². The van der Waals surface area contributed by atoms with Crippen LogP contribution in [0.1, 0.15) is 44.5 Å². The second-order valence-corrected chi connectivity index (χ2v) is 24.1. The van der Waals surface area contributed by atoms with E-state index in [-0.39, 0.29) is 0 Å². The molecule has 0 N–H and O–H groups in total. The van der Waals surface area contributed by atoms with Crippen LogP contribution in [0.2, 0.25) is 0 Å². The normalized spacial score (nSPS) is 13.9. The molecule has 88 heavy (non-hydrogen) atoms. The van der Waals surface area contributed by atoms with E-state index in [0.29, 0.717) is 0 Å². The van der Waals surface area contributed by atoms with Gasteiger partial charge in [0.15, 0.2) is 0 Å². The van der Waals surface area contributed by atoms with E-state index in [1.165, 1.54) is 89.0 Å². The molecule has 0 unspecified atom stereocenters. The molecule has 4 aliphatic rings. The molecule has 4 heteroatoms. The van der Waals surface area contributed by atoms with Crippen molar-refractivity contribution in [3.8, 4) is 100 Å². The fraction of sp³-hybridized carbons (Fsp3) is 0.0238. The van der Waals surface area contributed by atoms with Gasteiger partial charge < -0.3 is 8.83 Å². The first-order valence-electron chi connectivity index (χ1n) is 30.3. The molecule has 4 aliphatic carbocycles. The summed E-state index contributed by atoms with van der Waals surface area (Å²) in [6.07, 6.45) is 3.87. The summed E-state index contributed by atoms with van der Waals surface area (Å²) in [6, 6.07) is 103. The van der Waals surface area contributed by atoms with Crippen molar-refractivity contribution < 1.29 is 8.83 Å². The zero-order valence-electron chi connectivity index (χ0n) is 47.4. The number of aromatic nitrogens is 2. The lowest BCUT2D eigenvalue weighted by molar-refractivity contribution is 0.669. The number of nitrogens with zero attached hydrogens (tertiary/aromatic N) is 2. The third-order valence-electron chi connectivity index (χ3n) is 20.1. The van der Waals surface area contributed by atoms with Crippen molar-refractivity contribution in [1.29, 1.82) is 0 Å².